The number of rotatable bonds is 4. The number of ether oxygens (including phenoxy) is 2. The average molecular weight is 264 g/mol. The minimum absolute atomic E-state index is 0.0416. The fourth-order valence-electron chi connectivity index (χ4n) is 2.34. The van der Waals surface area contributed by atoms with Crippen molar-refractivity contribution in [3.63, 3.8) is 0 Å². The minimum atomic E-state index is -0.0607. The Morgan fingerprint density at radius 3 is 2.84 bits per heavy atom. The first-order chi connectivity index (χ1) is 9.24. The summed E-state index contributed by atoms with van der Waals surface area (Å²) >= 11 is 0. The van der Waals surface area contributed by atoms with Crippen LogP contribution in [0, 0.1) is 5.92 Å². The van der Waals surface area contributed by atoms with Gasteiger partial charge in [0.2, 0.25) is 5.88 Å². The molecule has 0 bridgehead atoms. The molecule has 104 valence electrons. The fourth-order valence-corrected chi connectivity index (χ4v) is 2.34. The Morgan fingerprint density at radius 1 is 1.47 bits per heavy atom. The van der Waals surface area contributed by atoms with Gasteiger partial charge in [-0.2, -0.15) is 0 Å². The molecule has 0 aromatic carbocycles. The first-order valence-electron chi connectivity index (χ1n) is 6.66. The van der Waals surface area contributed by atoms with Crippen LogP contribution in [0.4, 0.5) is 5.69 Å². The van der Waals surface area contributed by atoms with Gasteiger partial charge >= 0.3 is 5.97 Å². The molecule has 0 atom stereocenters. The zero-order valence-corrected chi connectivity index (χ0v) is 11.5. The topological polar surface area (TPSA) is 51.7 Å². The van der Waals surface area contributed by atoms with Crippen molar-refractivity contribution >= 4 is 11.7 Å². The summed E-state index contributed by atoms with van der Waals surface area (Å²) in [5.41, 5.74) is 1.09. The van der Waals surface area contributed by atoms with E-state index in [2.05, 4.69) is 9.88 Å². The highest BCUT2D eigenvalue weighted by Crippen LogP contribution is 2.25. The van der Waals surface area contributed by atoms with Crippen LogP contribution < -0.4 is 9.64 Å². The van der Waals surface area contributed by atoms with E-state index in [0.717, 1.165) is 31.6 Å². The number of hydrogen-bond donors (Lipinski definition) is 0. The van der Waals surface area contributed by atoms with Gasteiger partial charge in [-0.3, -0.25) is 4.79 Å². The number of methoxy groups -OCH3 is 1. The second-order valence-corrected chi connectivity index (χ2v) is 4.57. The van der Waals surface area contributed by atoms with Gasteiger partial charge in [0.05, 0.1) is 19.6 Å². The van der Waals surface area contributed by atoms with Gasteiger partial charge in [0.15, 0.2) is 0 Å². The monoisotopic (exact) mass is 264 g/mol. The third kappa shape index (κ3) is 3.36. The number of piperidine rings is 1. The quantitative estimate of drug-likeness (QED) is 0.777. The molecule has 1 aliphatic rings. The third-order valence-corrected chi connectivity index (χ3v) is 3.41. The van der Waals surface area contributed by atoms with Crippen molar-refractivity contribution in [3.05, 3.63) is 18.3 Å². The van der Waals surface area contributed by atoms with Crippen LogP contribution in [0.2, 0.25) is 0 Å². The van der Waals surface area contributed by atoms with Crippen LogP contribution in [0.5, 0.6) is 5.88 Å². The molecule has 0 saturated carbocycles. The molecule has 5 nitrogen and oxygen atoms in total. The molecule has 5 heteroatoms. The molecular formula is C14H20N2O3. The summed E-state index contributed by atoms with van der Waals surface area (Å²) in [7, 11) is 1.61. The SMILES string of the molecule is CCOC(=O)C1CCN(c2ccnc(OC)c2)CC1. The van der Waals surface area contributed by atoms with Crippen LogP contribution >= 0.6 is 0 Å². The fraction of sp³-hybridized carbons (Fsp3) is 0.571. The lowest BCUT2D eigenvalue weighted by Gasteiger charge is -2.32. The van der Waals surface area contributed by atoms with Crippen molar-refractivity contribution in [1.82, 2.24) is 4.98 Å². The highest BCUT2D eigenvalue weighted by molar-refractivity contribution is 5.72. The maximum atomic E-state index is 11.7. The Labute approximate surface area is 113 Å². The standard InChI is InChI=1S/C14H20N2O3/c1-3-19-14(17)11-5-8-16(9-6-11)12-4-7-15-13(10-12)18-2/h4,7,10-11H,3,5-6,8-9H2,1-2H3. The predicted octanol–water partition coefficient (Wildman–Crippen LogP) is 1.87. The summed E-state index contributed by atoms with van der Waals surface area (Å²) in [6.07, 6.45) is 3.42. The molecule has 2 heterocycles. The van der Waals surface area contributed by atoms with Crippen LogP contribution in [0.15, 0.2) is 18.3 Å². The molecule has 19 heavy (non-hydrogen) atoms. The largest absolute Gasteiger partial charge is 0.481 e. The lowest BCUT2D eigenvalue weighted by molar-refractivity contribution is -0.148. The van der Waals surface area contributed by atoms with Gasteiger partial charge in [0.1, 0.15) is 0 Å². The highest BCUT2D eigenvalue weighted by atomic mass is 16.5. The van der Waals surface area contributed by atoms with Crippen molar-refractivity contribution in [2.24, 2.45) is 5.92 Å². The predicted molar refractivity (Wildman–Crippen MR) is 72.4 cm³/mol. The van der Waals surface area contributed by atoms with Crippen molar-refractivity contribution in [3.8, 4) is 5.88 Å². The van der Waals surface area contributed by atoms with Crippen LogP contribution in [-0.4, -0.2) is 37.8 Å². The molecule has 1 aliphatic heterocycles. The van der Waals surface area contributed by atoms with E-state index in [4.69, 9.17) is 9.47 Å². The molecule has 0 amide bonds. The first kappa shape index (κ1) is 13.6. The van der Waals surface area contributed by atoms with Gasteiger partial charge in [-0.15, -0.1) is 0 Å². The van der Waals surface area contributed by atoms with E-state index >= 15 is 0 Å². The third-order valence-electron chi connectivity index (χ3n) is 3.41. The Hall–Kier alpha value is -1.78. The zero-order valence-electron chi connectivity index (χ0n) is 11.5. The Balaban J connectivity index is 1.94. The molecule has 1 saturated heterocycles. The van der Waals surface area contributed by atoms with Crippen molar-refractivity contribution in [1.29, 1.82) is 0 Å². The first-order valence-corrected chi connectivity index (χ1v) is 6.66. The summed E-state index contributed by atoms with van der Waals surface area (Å²) in [6, 6.07) is 3.89. The summed E-state index contributed by atoms with van der Waals surface area (Å²) in [5.74, 6) is 0.597. The van der Waals surface area contributed by atoms with E-state index in [1.807, 2.05) is 19.1 Å². The number of anilines is 1. The summed E-state index contributed by atoms with van der Waals surface area (Å²) in [5, 5.41) is 0. The van der Waals surface area contributed by atoms with Crippen LogP contribution in [0.3, 0.4) is 0 Å². The smallest absolute Gasteiger partial charge is 0.309 e. The van der Waals surface area contributed by atoms with E-state index in [1.165, 1.54) is 0 Å². The normalized spacial score (nSPS) is 16.2. The Bertz CT molecular complexity index is 428. The Morgan fingerprint density at radius 2 is 2.21 bits per heavy atom. The molecule has 1 fully saturated rings. The van der Waals surface area contributed by atoms with E-state index in [-0.39, 0.29) is 11.9 Å². The van der Waals surface area contributed by atoms with Gasteiger partial charge in [0.25, 0.3) is 0 Å². The van der Waals surface area contributed by atoms with E-state index < -0.39 is 0 Å². The van der Waals surface area contributed by atoms with Crippen LogP contribution in [0.1, 0.15) is 19.8 Å². The van der Waals surface area contributed by atoms with E-state index in [1.54, 1.807) is 13.3 Å². The van der Waals surface area contributed by atoms with Crippen LogP contribution in [-0.2, 0) is 9.53 Å². The number of esters is 1. The molecule has 0 unspecified atom stereocenters. The highest BCUT2D eigenvalue weighted by Gasteiger charge is 2.26. The zero-order chi connectivity index (χ0) is 13.7. The average Bonchev–Trinajstić information content (AvgIpc) is 2.48. The second kappa shape index (κ2) is 6.41. The van der Waals surface area contributed by atoms with Crippen molar-refractivity contribution in [2.75, 3.05) is 31.7 Å². The van der Waals surface area contributed by atoms with E-state index in [0.29, 0.717) is 12.5 Å². The molecule has 0 N–H and O–H groups in total. The number of pyridine rings is 1. The van der Waals surface area contributed by atoms with Gasteiger partial charge in [-0.1, -0.05) is 0 Å². The molecule has 1 aromatic rings. The van der Waals surface area contributed by atoms with Crippen molar-refractivity contribution < 1.29 is 14.3 Å². The number of carbonyl (C=O) groups is 1. The molecule has 0 aliphatic carbocycles. The molecular weight excluding hydrogens is 244 g/mol. The number of carbonyl (C=O) groups excluding carboxylic acids is 1. The Kier molecular flexibility index (Phi) is 4.60. The molecule has 2 rings (SSSR count). The summed E-state index contributed by atoms with van der Waals surface area (Å²) in [4.78, 5) is 18.0. The lowest BCUT2D eigenvalue weighted by Crippen LogP contribution is -2.37. The summed E-state index contributed by atoms with van der Waals surface area (Å²) < 4.78 is 10.2. The van der Waals surface area contributed by atoms with Gasteiger partial charge in [-0.25, -0.2) is 4.98 Å². The van der Waals surface area contributed by atoms with E-state index in [9.17, 15) is 4.79 Å². The number of aromatic nitrogens is 1. The molecule has 1 aromatic heterocycles. The molecule has 0 spiro atoms. The number of hydrogen-bond acceptors (Lipinski definition) is 5. The summed E-state index contributed by atoms with van der Waals surface area (Å²) in [6.45, 7) is 4.02. The lowest BCUT2D eigenvalue weighted by atomic mass is 9.97. The maximum absolute atomic E-state index is 11.7. The minimum Gasteiger partial charge on any atom is -0.481 e. The van der Waals surface area contributed by atoms with Crippen molar-refractivity contribution in [2.45, 2.75) is 19.8 Å². The van der Waals surface area contributed by atoms with Crippen LogP contribution in [0.25, 0.3) is 0 Å². The van der Waals surface area contributed by atoms with Gasteiger partial charge in [0, 0.05) is 31.0 Å². The molecule has 0 radical (unpaired) electrons. The maximum Gasteiger partial charge on any atom is 0.309 e. The van der Waals surface area contributed by atoms with Gasteiger partial charge in [-0.05, 0) is 25.8 Å². The van der Waals surface area contributed by atoms with Gasteiger partial charge < -0.3 is 14.4 Å². The number of nitrogens with zero attached hydrogens (tertiary/aromatic N) is 2. The second-order valence-electron chi connectivity index (χ2n) is 4.57.